The first-order chi connectivity index (χ1) is 14.7. The summed E-state index contributed by atoms with van der Waals surface area (Å²) in [4.78, 5) is 5.07. The molecule has 31 heavy (non-hydrogen) atoms. The molecule has 1 aliphatic heterocycles. The molecule has 0 spiro atoms. The highest BCUT2D eigenvalue weighted by atomic mass is 35.5. The van der Waals surface area contributed by atoms with Crippen LogP contribution in [0.5, 0.6) is 11.5 Å². The van der Waals surface area contributed by atoms with Gasteiger partial charge in [0.1, 0.15) is 0 Å². The Bertz CT molecular complexity index is 986. The van der Waals surface area contributed by atoms with Gasteiger partial charge in [-0.15, -0.1) is 23.7 Å². The normalized spacial score (nSPS) is 14.4. The number of hydrogen-bond donors (Lipinski definition) is 1. The van der Waals surface area contributed by atoms with Crippen LogP contribution in [0.1, 0.15) is 12.0 Å². The molecule has 1 aliphatic rings. The number of fused-ring (bicyclic) bond motifs is 1. The number of benzene rings is 2. The number of nitrogens with zero attached hydrogens (tertiary/aromatic N) is 2. The fourth-order valence-corrected chi connectivity index (χ4v) is 4.96. The first kappa shape index (κ1) is 23.5. The number of hydrogen-bond acceptors (Lipinski definition) is 6. The summed E-state index contributed by atoms with van der Waals surface area (Å²) in [5, 5.41) is 6.73. The lowest BCUT2D eigenvalue weighted by atomic mass is 10.1. The van der Waals surface area contributed by atoms with E-state index in [2.05, 4.69) is 57.8 Å². The average molecular weight is 462 g/mol. The summed E-state index contributed by atoms with van der Waals surface area (Å²) in [7, 11) is 3.60. The van der Waals surface area contributed by atoms with Crippen LogP contribution in [0, 0.1) is 6.92 Å². The Morgan fingerprint density at radius 3 is 2.65 bits per heavy atom. The standard InChI is InChI=1S/C24H31N3O2S.ClH/c1-18-16-19(25-2)17-22(28-3)24(18)29-14-5-9-26-10-12-27(13-11-26)21-6-4-7-23-20(21)8-15-30-23;/h4,6-8,15-17,25H,5,9-14H2,1-3H3;1H. The predicted molar refractivity (Wildman–Crippen MR) is 135 cm³/mol. The number of anilines is 2. The molecule has 4 rings (SSSR count). The van der Waals surface area contributed by atoms with Gasteiger partial charge in [-0.25, -0.2) is 0 Å². The summed E-state index contributed by atoms with van der Waals surface area (Å²) in [6.45, 7) is 8.17. The second-order valence-electron chi connectivity index (χ2n) is 7.71. The van der Waals surface area contributed by atoms with E-state index in [1.54, 1.807) is 7.11 Å². The van der Waals surface area contributed by atoms with Crippen LogP contribution in [0.15, 0.2) is 41.8 Å². The fraction of sp³-hybridized carbons (Fsp3) is 0.417. The summed E-state index contributed by atoms with van der Waals surface area (Å²) < 4.78 is 13.0. The maximum absolute atomic E-state index is 6.09. The third-order valence-electron chi connectivity index (χ3n) is 5.80. The topological polar surface area (TPSA) is 37.0 Å². The zero-order valence-corrected chi connectivity index (χ0v) is 20.2. The van der Waals surface area contributed by atoms with Crippen LogP contribution in [0.25, 0.3) is 10.1 Å². The van der Waals surface area contributed by atoms with Gasteiger partial charge in [-0.05, 0) is 48.6 Å². The monoisotopic (exact) mass is 461 g/mol. The van der Waals surface area contributed by atoms with E-state index < -0.39 is 0 Å². The molecular weight excluding hydrogens is 430 g/mol. The van der Waals surface area contributed by atoms with Gasteiger partial charge < -0.3 is 19.7 Å². The van der Waals surface area contributed by atoms with Gasteiger partial charge in [-0.3, -0.25) is 4.90 Å². The number of ether oxygens (including phenoxy) is 2. The van der Waals surface area contributed by atoms with Crippen molar-refractivity contribution in [3.05, 3.63) is 47.3 Å². The van der Waals surface area contributed by atoms with E-state index in [1.165, 1.54) is 15.8 Å². The van der Waals surface area contributed by atoms with Gasteiger partial charge >= 0.3 is 0 Å². The summed E-state index contributed by atoms with van der Waals surface area (Å²) in [6.07, 6.45) is 1.01. The number of aryl methyl sites for hydroxylation is 1. The van der Waals surface area contributed by atoms with E-state index in [9.17, 15) is 0 Å². The number of methoxy groups -OCH3 is 1. The van der Waals surface area contributed by atoms with Crippen LogP contribution < -0.4 is 19.7 Å². The molecule has 0 radical (unpaired) electrons. The molecule has 2 heterocycles. The molecule has 0 aliphatic carbocycles. The van der Waals surface area contributed by atoms with Crippen LogP contribution in [0.4, 0.5) is 11.4 Å². The van der Waals surface area contributed by atoms with Crippen molar-refractivity contribution in [3.8, 4) is 11.5 Å². The maximum atomic E-state index is 6.09. The minimum Gasteiger partial charge on any atom is -0.493 e. The second kappa shape index (κ2) is 10.9. The summed E-state index contributed by atoms with van der Waals surface area (Å²) in [5.41, 5.74) is 3.51. The molecule has 0 unspecified atom stereocenters. The highest BCUT2D eigenvalue weighted by Crippen LogP contribution is 2.34. The van der Waals surface area contributed by atoms with E-state index in [0.717, 1.165) is 61.9 Å². The molecule has 5 nitrogen and oxygen atoms in total. The molecule has 0 atom stereocenters. The number of nitrogens with one attached hydrogen (secondary N) is 1. The molecule has 0 bridgehead atoms. The number of piperazine rings is 1. The van der Waals surface area contributed by atoms with E-state index in [1.807, 2.05) is 24.5 Å². The zero-order chi connectivity index (χ0) is 20.9. The van der Waals surface area contributed by atoms with Crippen LogP contribution in [0.3, 0.4) is 0 Å². The minimum atomic E-state index is 0. The van der Waals surface area contributed by atoms with Crippen molar-refractivity contribution >= 4 is 45.2 Å². The smallest absolute Gasteiger partial charge is 0.164 e. The lowest BCUT2D eigenvalue weighted by Gasteiger charge is -2.36. The number of halogens is 1. The molecule has 3 aromatic rings. The quantitative estimate of drug-likeness (QED) is 0.462. The maximum Gasteiger partial charge on any atom is 0.164 e. The van der Waals surface area contributed by atoms with E-state index >= 15 is 0 Å². The van der Waals surface area contributed by atoms with Gasteiger partial charge in [0.2, 0.25) is 0 Å². The van der Waals surface area contributed by atoms with Gasteiger partial charge in [0.15, 0.2) is 11.5 Å². The molecule has 1 saturated heterocycles. The first-order valence-electron chi connectivity index (χ1n) is 10.6. The van der Waals surface area contributed by atoms with Gasteiger partial charge in [0, 0.05) is 67.3 Å². The molecule has 168 valence electrons. The van der Waals surface area contributed by atoms with Crippen molar-refractivity contribution in [3.63, 3.8) is 0 Å². The zero-order valence-electron chi connectivity index (χ0n) is 18.5. The molecule has 1 aromatic heterocycles. The molecular formula is C24H32ClN3O2S. The number of thiophene rings is 1. The Morgan fingerprint density at radius 2 is 1.90 bits per heavy atom. The highest BCUT2D eigenvalue weighted by Gasteiger charge is 2.19. The molecule has 1 N–H and O–H groups in total. The lowest BCUT2D eigenvalue weighted by molar-refractivity contribution is 0.221. The van der Waals surface area contributed by atoms with Crippen LogP contribution >= 0.6 is 23.7 Å². The third-order valence-corrected chi connectivity index (χ3v) is 6.68. The van der Waals surface area contributed by atoms with Gasteiger partial charge in [0.05, 0.1) is 13.7 Å². The van der Waals surface area contributed by atoms with Crippen molar-refractivity contribution in [1.82, 2.24) is 4.90 Å². The van der Waals surface area contributed by atoms with Crippen molar-refractivity contribution < 1.29 is 9.47 Å². The molecule has 7 heteroatoms. The molecule has 0 saturated carbocycles. The van der Waals surface area contributed by atoms with Gasteiger partial charge in [0.25, 0.3) is 0 Å². The third kappa shape index (κ3) is 5.37. The summed E-state index contributed by atoms with van der Waals surface area (Å²) in [5.74, 6) is 1.64. The largest absolute Gasteiger partial charge is 0.493 e. The van der Waals surface area contributed by atoms with Crippen molar-refractivity contribution in [2.24, 2.45) is 0 Å². The summed E-state index contributed by atoms with van der Waals surface area (Å²) >= 11 is 1.82. The predicted octanol–water partition coefficient (Wildman–Crippen LogP) is 5.27. The lowest BCUT2D eigenvalue weighted by Crippen LogP contribution is -2.46. The van der Waals surface area contributed by atoms with E-state index in [-0.39, 0.29) is 12.4 Å². The Labute approximate surface area is 195 Å². The first-order valence-corrected chi connectivity index (χ1v) is 11.5. The SMILES string of the molecule is CNc1cc(C)c(OCCCN2CCN(c3cccc4sccc34)CC2)c(OC)c1.Cl. The minimum absolute atomic E-state index is 0. The van der Waals surface area contributed by atoms with Gasteiger partial charge in [-0.1, -0.05) is 6.07 Å². The van der Waals surface area contributed by atoms with Gasteiger partial charge in [-0.2, -0.15) is 0 Å². The van der Waals surface area contributed by atoms with E-state index in [4.69, 9.17) is 9.47 Å². The Balaban J connectivity index is 0.00000272. The Morgan fingerprint density at radius 1 is 1.10 bits per heavy atom. The highest BCUT2D eigenvalue weighted by molar-refractivity contribution is 7.17. The van der Waals surface area contributed by atoms with Crippen LogP contribution in [-0.2, 0) is 0 Å². The fourth-order valence-electron chi connectivity index (χ4n) is 4.15. The molecule has 1 fully saturated rings. The van der Waals surface area contributed by atoms with Crippen molar-refractivity contribution in [2.75, 3.05) is 63.7 Å². The molecule has 2 aromatic carbocycles. The van der Waals surface area contributed by atoms with Crippen LogP contribution in [0.2, 0.25) is 0 Å². The average Bonchev–Trinajstić information content (AvgIpc) is 3.26. The van der Waals surface area contributed by atoms with Crippen molar-refractivity contribution in [1.29, 1.82) is 0 Å². The molecule has 0 amide bonds. The van der Waals surface area contributed by atoms with Crippen molar-refractivity contribution in [2.45, 2.75) is 13.3 Å². The van der Waals surface area contributed by atoms with E-state index in [0.29, 0.717) is 6.61 Å². The Kier molecular flexibility index (Phi) is 8.29. The number of rotatable bonds is 8. The second-order valence-corrected chi connectivity index (χ2v) is 8.66. The summed E-state index contributed by atoms with van der Waals surface area (Å²) in [6, 6.07) is 13.0. The van der Waals surface area contributed by atoms with Crippen LogP contribution in [-0.4, -0.2) is 58.4 Å². The Hall–Kier alpha value is -2.15.